The second kappa shape index (κ2) is 6.17. The Balaban J connectivity index is 2.51. The predicted octanol–water partition coefficient (Wildman–Crippen LogP) is 3.59. The number of aromatic carboxylic acids is 1. The zero-order valence-electron chi connectivity index (χ0n) is 12.2. The molecular weight excluding hydrogens is 345 g/mol. The number of benzene rings is 2. The van der Waals surface area contributed by atoms with Crippen LogP contribution in [0.5, 0.6) is 0 Å². The van der Waals surface area contributed by atoms with Crippen molar-refractivity contribution in [1.29, 1.82) is 0 Å². The number of sulfonamides is 1. The lowest BCUT2D eigenvalue weighted by molar-refractivity contribution is 0.0691. The van der Waals surface area contributed by atoms with E-state index in [0.29, 0.717) is 17.8 Å². The van der Waals surface area contributed by atoms with E-state index in [-0.39, 0.29) is 0 Å². The van der Waals surface area contributed by atoms with Gasteiger partial charge in [-0.15, -0.1) is 0 Å². The van der Waals surface area contributed by atoms with Crippen molar-refractivity contribution in [1.82, 2.24) is 0 Å². The Morgan fingerprint density at radius 2 is 1.70 bits per heavy atom. The molecule has 8 heteroatoms. The van der Waals surface area contributed by atoms with Gasteiger partial charge in [-0.05, 0) is 49.2 Å². The number of hydrogen-bond acceptors (Lipinski definition) is 3. The van der Waals surface area contributed by atoms with Gasteiger partial charge in [0.25, 0.3) is 10.0 Å². The van der Waals surface area contributed by atoms with E-state index in [1.165, 1.54) is 0 Å². The van der Waals surface area contributed by atoms with Crippen molar-refractivity contribution in [2.24, 2.45) is 0 Å². The SMILES string of the molecule is Cc1cc(C)cc(NS(=O)(=O)c2cc(C(=O)O)c(F)cc2Cl)c1. The summed E-state index contributed by atoms with van der Waals surface area (Å²) in [6, 6.07) is 6.46. The Hall–Kier alpha value is -2.12. The van der Waals surface area contributed by atoms with Gasteiger partial charge in [0.05, 0.1) is 10.6 Å². The van der Waals surface area contributed by atoms with Crippen LogP contribution in [-0.4, -0.2) is 19.5 Å². The number of nitrogens with one attached hydrogen (secondary N) is 1. The molecule has 0 spiro atoms. The molecule has 0 amide bonds. The van der Waals surface area contributed by atoms with E-state index in [1.807, 2.05) is 6.07 Å². The second-order valence-electron chi connectivity index (χ2n) is 5.05. The van der Waals surface area contributed by atoms with Gasteiger partial charge in [-0.1, -0.05) is 17.7 Å². The lowest BCUT2D eigenvalue weighted by atomic mass is 10.1. The van der Waals surface area contributed by atoms with Crippen LogP contribution in [0.2, 0.25) is 5.02 Å². The maximum atomic E-state index is 13.5. The fourth-order valence-electron chi connectivity index (χ4n) is 2.14. The van der Waals surface area contributed by atoms with E-state index >= 15 is 0 Å². The summed E-state index contributed by atoms with van der Waals surface area (Å²) < 4.78 is 40.7. The van der Waals surface area contributed by atoms with Crippen molar-refractivity contribution in [2.45, 2.75) is 18.7 Å². The van der Waals surface area contributed by atoms with Crippen LogP contribution in [0.25, 0.3) is 0 Å². The highest BCUT2D eigenvalue weighted by Gasteiger charge is 2.23. The molecule has 2 aromatic carbocycles. The Morgan fingerprint density at radius 1 is 1.13 bits per heavy atom. The molecule has 0 saturated heterocycles. The van der Waals surface area contributed by atoms with Gasteiger partial charge in [-0.25, -0.2) is 17.6 Å². The minimum Gasteiger partial charge on any atom is -0.478 e. The smallest absolute Gasteiger partial charge is 0.338 e. The first-order valence-electron chi connectivity index (χ1n) is 6.43. The number of rotatable bonds is 4. The normalized spacial score (nSPS) is 11.3. The zero-order chi connectivity index (χ0) is 17.4. The third kappa shape index (κ3) is 3.80. The van der Waals surface area contributed by atoms with Gasteiger partial charge in [0.15, 0.2) is 0 Å². The molecule has 2 rings (SSSR count). The molecule has 0 saturated carbocycles. The van der Waals surface area contributed by atoms with Gasteiger partial charge >= 0.3 is 5.97 Å². The van der Waals surface area contributed by atoms with E-state index in [4.69, 9.17) is 16.7 Å². The first-order chi connectivity index (χ1) is 10.6. The average Bonchev–Trinajstić information content (AvgIpc) is 2.35. The van der Waals surface area contributed by atoms with E-state index in [1.54, 1.807) is 26.0 Å². The van der Waals surface area contributed by atoms with E-state index in [2.05, 4.69) is 4.72 Å². The molecule has 0 aliphatic rings. The topological polar surface area (TPSA) is 83.5 Å². The largest absolute Gasteiger partial charge is 0.478 e. The quantitative estimate of drug-likeness (QED) is 0.875. The summed E-state index contributed by atoms with van der Waals surface area (Å²) in [4.78, 5) is 10.5. The summed E-state index contributed by atoms with van der Waals surface area (Å²) in [6.45, 7) is 3.61. The maximum absolute atomic E-state index is 13.5. The van der Waals surface area contributed by atoms with Crippen molar-refractivity contribution in [3.63, 3.8) is 0 Å². The van der Waals surface area contributed by atoms with Gasteiger partial charge in [-0.2, -0.15) is 0 Å². The molecule has 0 fully saturated rings. The standard InChI is InChI=1S/C15H13ClFNO4S/c1-8-3-9(2)5-10(4-8)18-23(21,22)14-6-11(15(19)20)13(17)7-12(14)16/h3-7,18H,1-2H3,(H,19,20). The Morgan fingerprint density at radius 3 is 2.22 bits per heavy atom. The third-order valence-electron chi connectivity index (χ3n) is 3.02. The first-order valence-corrected chi connectivity index (χ1v) is 8.30. The van der Waals surface area contributed by atoms with Crippen LogP contribution in [0.4, 0.5) is 10.1 Å². The maximum Gasteiger partial charge on any atom is 0.338 e. The number of halogens is 2. The Bertz CT molecular complexity index is 876. The van der Waals surface area contributed by atoms with Gasteiger partial charge in [0.2, 0.25) is 0 Å². The summed E-state index contributed by atoms with van der Waals surface area (Å²) in [5.74, 6) is -2.69. The van der Waals surface area contributed by atoms with Crippen LogP contribution in [0.3, 0.4) is 0 Å². The number of aryl methyl sites for hydroxylation is 2. The highest BCUT2D eigenvalue weighted by atomic mass is 35.5. The average molecular weight is 358 g/mol. The number of carboxylic acid groups (broad SMARTS) is 1. The molecule has 0 radical (unpaired) electrons. The van der Waals surface area contributed by atoms with Gasteiger partial charge in [-0.3, -0.25) is 4.72 Å². The molecule has 2 N–H and O–H groups in total. The predicted molar refractivity (Wildman–Crippen MR) is 85.1 cm³/mol. The van der Waals surface area contributed by atoms with Crippen molar-refractivity contribution >= 4 is 33.3 Å². The van der Waals surface area contributed by atoms with Crippen LogP contribution in [0.1, 0.15) is 21.5 Å². The van der Waals surface area contributed by atoms with Crippen molar-refractivity contribution in [3.8, 4) is 0 Å². The van der Waals surface area contributed by atoms with E-state index in [0.717, 1.165) is 11.1 Å². The summed E-state index contributed by atoms with van der Waals surface area (Å²) >= 11 is 5.77. The number of hydrogen-bond donors (Lipinski definition) is 2. The summed E-state index contributed by atoms with van der Waals surface area (Å²) in [6.07, 6.45) is 0. The summed E-state index contributed by atoms with van der Waals surface area (Å²) in [5, 5.41) is 8.51. The van der Waals surface area contributed by atoms with Gasteiger partial charge < -0.3 is 5.11 Å². The Kier molecular flexibility index (Phi) is 4.63. The van der Waals surface area contributed by atoms with Gasteiger partial charge in [0.1, 0.15) is 10.7 Å². The summed E-state index contributed by atoms with van der Waals surface area (Å²) in [5.41, 5.74) is 1.23. The zero-order valence-corrected chi connectivity index (χ0v) is 13.8. The van der Waals surface area contributed by atoms with Gasteiger partial charge in [0, 0.05) is 5.69 Å². The summed E-state index contributed by atoms with van der Waals surface area (Å²) in [7, 11) is -4.16. The fraction of sp³-hybridized carbons (Fsp3) is 0.133. The van der Waals surface area contributed by atoms with Crippen LogP contribution < -0.4 is 4.72 Å². The van der Waals surface area contributed by atoms with Crippen LogP contribution >= 0.6 is 11.6 Å². The second-order valence-corrected chi connectivity index (χ2v) is 7.11. The third-order valence-corrected chi connectivity index (χ3v) is 4.86. The van der Waals surface area contributed by atoms with Crippen molar-refractivity contribution in [3.05, 3.63) is 57.9 Å². The van der Waals surface area contributed by atoms with Crippen LogP contribution in [0, 0.1) is 19.7 Å². The fourth-order valence-corrected chi connectivity index (χ4v) is 3.72. The molecule has 0 unspecified atom stereocenters. The highest BCUT2D eigenvalue weighted by Crippen LogP contribution is 2.27. The van der Waals surface area contributed by atoms with Crippen molar-refractivity contribution in [2.75, 3.05) is 4.72 Å². The molecule has 0 aromatic heterocycles. The number of carboxylic acids is 1. The molecule has 0 heterocycles. The van der Waals surface area contributed by atoms with Crippen LogP contribution in [-0.2, 0) is 10.0 Å². The lowest BCUT2D eigenvalue weighted by Crippen LogP contribution is -2.15. The molecular formula is C15H13ClFNO4S. The monoisotopic (exact) mass is 357 g/mol. The first kappa shape index (κ1) is 17.2. The van der Waals surface area contributed by atoms with Crippen molar-refractivity contribution < 1.29 is 22.7 Å². The minimum absolute atomic E-state index is 0.305. The molecule has 23 heavy (non-hydrogen) atoms. The highest BCUT2D eigenvalue weighted by molar-refractivity contribution is 7.92. The molecule has 0 aliphatic heterocycles. The number of carbonyl (C=O) groups is 1. The molecule has 122 valence electrons. The molecule has 5 nitrogen and oxygen atoms in total. The van der Waals surface area contributed by atoms with E-state index in [9.17, 15) is 17.6 Å². The molecule has 0 aliphatic carbocycles. The number of anilines is 1. The molecule has 0 bridgehead atoms. The molecule has 0 atom stereocenters. The molecule has 2 aromatic rings. The van der Waals surface area contributed by atoms with E-state index < -0.39 is 37.3 Å². The lowest BCUT2D eigenvalue weighted by Gasteiger charge is -2.12. The minimum atomic E-state index is -4.16. The van der Waals surface area contributed by atoms with Crippen LogP contribution in [0.15, 0.2) is 35.2 Å². The Labute approximate surface area is 137 Å².